The molecule has 1 aliphatic rings. The molecule has 0 aromatic heterocycles. The van der Waals surface area contributed by atoms with E-state index in [1.807, 2.05) is 0 Å². The van der Waals surface area contributed by atoms with E-state index in [-0.39, 0.29) is 16.7 Å². The molecule has 0 radical (unpaired) electrons. The maximum Gasteiger partial charge on any atom is 0.241 e. The first-order valence-electron chi connectivity index (χ1n) is 8.95. The van der Waals surface area contributed by atoms with Crippen molar-refractivity contribution in [3.8, 4) is 0 Å². The first-order valence-corrected chi connectivity index (χ1v) is 10.4. The molecule has 1 aliphatic carbocycles. The van der Waals surface area contributed by atoms with Gasteiger partial charge in [0.15, 0.2) is 0 Å². The fourth-order valence-corrected chi connectivity index (χ4v) is 4.27. The van der Waals surface area contributed by atoms with Gasteiger partial charge in [-0.25, -0.2) is 8.42 Å². The Balaban J connectivity index is 1.90. The second-order valence-corrected chi connectivity index (χ2v) is 8.51. The molecule has 2 amide bonds. The fourth-order valence-electron chi connectivity index (χ4n) is 3.06. The van der Waals surface area contributed by atoms with Crippen molar-refractivity contribution in [2.45, 2.75) is 56.9 Å². The Kier molecular flexibility index (Phi) is 7.16. The van der Waals surface area contributed by atoms with Crippen LogP contribution in [0.2, 0.25) is 0 Å². The van der Waals surface area contributed by atoms with Crippen LogP contribution in [0.15, 0.2) is 29.2 Å². The van der Waals surface area contributed by atoms with E-state index in [9.17, 15) is 18.0 Å². The van der Waals surface area contributed by atoms with E-state index in [1.165, 1.54) is 57.4 Å². The van der Waals surface area contributed by atoms with Gasteiger partial charge in [-0.1, -0.05) is 19.3 Å². The van der Waals surface area contributed by atoms with E-state index < -0.39 is 16.1 Å². The minimum Gasteiger partial charge on any atom is -0.354 e. The Morgan fingerprint density at radius 2 is 1.73 bits per heavy atom. The molecule has 1 saturated carbocycles. The van der Waals surface area contributed by atoms with Gasteiger partial charge in [-0.3, -0.25) is 9.59 Å². The zero-order chi connectivity index (χ0) is 19.2. The average molecular weight is 381 g/mol. The number of hydrogen-bond acceptors (Lipinski definition) is 4. The lowest BCUT2D eigenvalue weighted by atomic mass is 9.89. The van der Waals surface area contributed by atoms with Crippen LogP contribution in [0, 0.1) is 5.92 Å². The molecule has 1 aromatic rings. The van der Waals surface area contributed by atoms with Crippen molar-refractivity contribution >= 4 is 27.5 Å². The number of hydrogen-bond donors (Lipinski definition) is 3. The standard InChI is InChI=1S/C18H27N3O4S/c1-13(18(23)19-12-15-6-4-3-5-7-15)21-26(24,25)17-10-8-16(9-11-17)20-14(2)22/h8-11,13,15,21H,3-7,12H2,1-2H3,(H,19,23)(H,20,22)/t13-/m0/s1. The Labute approximate surface area is 155 Å². The zero-order valence-electron chi connectivity index (χ0n) is 15.2. The summed E-state index contributed by atoms with van der Waals surface area (Å²) >= 11 is 0. The van der Waals surface area contributed by atoms with Crippen molar-refractivity contribution in [3.05, 3.63) is 24.3 Å². The number of carbonyl (C=O) groups excluding carboxylic acids is 2. The minimum atomic E-state index is -3.82. The zero-order valence-corrected chi connectivity index (χ0v) is 16.1. The molecule has 0 aliphatic heterocycles. The molecule has 1 atom stereocenters. The van der Waals surface area contributed by atoms with Crippen molar-refractivity contribution in [1.82, 2.24) is 10.0 Å². The van der Waals surface area contributed by atoms with E-state index >= 15 is 0 Å². The number of nitrogens with one attached hydrogen (secondary N) is 3. The highest BCUT2D eigenvalue weighted by Crippen LogP contribution is 2.22. The molecule has 0 unspecified atom stereocenters. The summed E-state index contributed by atoms with van der Waals surface area (Å²) < 4.78 is 27.2. The number of amides is 2. The number of carbonyl (C=O) groups is 2. The summed E-state index contributed by atoms with van der Waals surface area (Å²) in [5, 5.41) is 5.42. The molecule has 3 N–H and O–H groups in total. The molecule has 0 spiro atoms. The van der Waals surface area contributed by atoms with E-state index in [1.54, 1.807) is 0 Å². The van der Waals surface area contributed by atoms with Gasteiger partial charge in [0.25, 0.3) is 0 Å². The van der Waals surface area contributed by atoms with Crippen LogP contribution in [-0.2, 0) is 19.6 Å². The van der Waals surface area contributed by atoms with Crippen LogP contribution in [-0.4, -0.2) is 32.8 Å². The Morgan fingerprint density at radius 1 is 1.12 bits per heavy atom. The molecular weight excluding hydrogens is 354 g/mol. The first-order chi connectivity index (χ1) is 12.3. The van der Waals surface area contributed by atoms with Crippen LogP contribution in [0.3, 0.4) is 0 Å². The molecule has 1 aromatic carbocycles. The second kappa shape index (κ2) is 9.14. The molecule has 2 rings (SSSR count). The first kappa shape index (κ1) is 20.4. The summed E-state index contributed by atoms with van der Waals surface area (Å²) in [4.78, 5) is 23.2. The largest absolute Gasteiger partial charge is 0.354 e. The summed E-state index contributed by atoms with van der Waals surface area (Å²) in [7, 11) is -3.82. The summed E-state index contributed by atoms with van der Waals surface area (Å²) in [5.41, 5.74) is 0.509. The summed E-state index contributed by atoms with van der Waals surface area (Å²) in [6, 6.07) is 4.92. The van der Waals surface area contributed by atoms with Crippen molar-refractivity contribution in [1.29, 1.82) is 0 Å². The predicted molar refractivity (Wildman–Crippen MR) is 100 cm³/mol. The summed E-state index contributed by atoms with van der Waals surface area (Å²) in [6.07, 6.45) is 5.86. The van der Waals surface area contributed by atoms with Gasteiger partial charge in [0.05, 0.1) is 10.9 Å². The number of anilines is 1. The number of benzene rings is 1. The molecule has 7 nitrogen and oxygen atoms in total. The van der Waals surface area contributed by atoms with Crippen molar-refractivity contribution in [2.24, 2.45) is 5.92 Å². The van der Waals surface area contributed by atoms with E-state index in [0.717, 1.165) is 12.8 Å². The number of rotatable bonds is 7. The van der Waals surface area contributed by atoms with Gasteiger partial charge in [0.1, 0.15) is 0 Å². The van der Waals surface area contributed by atoms with Gasteiger partial charge in [-0.05, 0) is 49.9 Å². The highest BCUT2D eigenvalue weighted by molar-refractivity contribution is 7.89. The molecule has 144 valence electrons. The maximum absolute atomic E-state index is 12.4. The molecule has 0 heterocycles. The van der Waals surface area contributed by atoms with Gasteiger partial charge in [-0.2, -0.15) is 4.72 Å². The minimum absolute atomic E-state index is 0.0403. The van der Waals surface area contributed by atoms with Crippen LogP contribution >= 0.6 is 0 Å². The smallest absolute Gasteiger partial charge is 0.241 e. The monoisotopic (exact) mass is 381 g/mol. The van der Waals surface area contributed by atoms with Crippen LogP contribution in [0.5, 0.6) is 0 Å². The normalized spacial score (nSPS) is 16.7. The van der Waals surface area contributed by atoms with Crippen LogP contribution < -0.4 is 15.4 Å². The van der Waals surface area contributed by atoms with Crippen LogP contribution in [0.25, 0.3) is 0 Å². The van der Waals surface area contributed by atoms with Crippen LogP contribution in [0.1, 0.15) is 46.0 Å². The van der Waals surface area contributed by atoms with E-state index in [4.69, 9.17) is 0 Å². The third kappa shape index (κ3) is 6.10. The quantitative estimate of drug-likeness (QED) is 0.672. The van der Waals surface area contributed by atoms with Crippen molar-refractivity contribution in [2.75, 3.05) is 11.9 Å². The second-order valence-electron chi connectivity index (χ2n) is 6.80. The number of sulfonamides is 1. The molecule has 8 heteroatoms. The predicted octanol–water partition coefficient (Wildman–Crippen LogP) is 2.01. The van der Waals surface area contributed by atoms with Crippen LogP contribution in [0.4, 0.5) is 5.69 Å². The topological polar surface area (TPSA) is 104 Å². The van der Waals surface area contributed by atoms with E-state index in [2.05, 4.69) is 15.4 Å². The van der Waals surface area contributed by atoms with Gasteiger partial charge < -0.3 is 10.6 Å². The lowest BCUT2D eigenvalue weighted by molar-refractivity contribution is -0.122. The van der Waals surface area contributed by atoms with Gasteiger partial charge >= 0.3 is 0 Å². The lowest BCUT2D eigenvalue weighted by Gasteiger charge is -2.23. The SMILES string of the molecule is CC(=O)Nc1ccc(S(=O)(=O)N[C@@H](C)C(=O)NCC2CCCCC2)cc1. The maximum atomic E-state index is 12.4. The lowest BCUT2D eigenvalue weighted by Crippen LogP contribution is -2.46. The molecule has 26 heavy (non-hydrogen) atoms. The Hall–Kier alpha value is -1.93. The Morgan fingerprint density at radius 3 is 2.31 bits per heavy atom. The van der Waals surface area contributed by atoms with Gasteiger partial charge in [0, 0.05) is 19.2 Å². The Bertz CT molecular complexity index is 725. The van der Waals surface area contributed by atoms with Crippen molar-refractivity contribution in [3.63, 3.8) is 0 Å². The van der Waals surface area contributed by atoms with Gasteiger partial charge in [-0.15, -0.1) is 0 Å². The third-order valence-electron chi connectivity index (χ3n) is 4.50. The molecule has 0 bridgehead atoms. The molecular formula is C18H27N3O4S. The fraction of sp³-hybridized carbons (Fsp3) is 0.556. The van der Waals surface area contributed by atoms with Crippen molar-refractivity contribution < 1.29 is 18.0 Å². The van der Waals surface area contributed by atoms with E-state index in [0.29, 0.717) is 18.2 Å². The highest BCUT2D eigenvalue weighted by atomic mass is 32.2. The summed E-state index contributed by atoms with van der Waals surface area (Å²) in [6.45, 7) is 3.50. The van der Waals surface area contributed by atoms with Gasteiger partial charge in [0.2, 0.25) is 21.8 Å². The summed E-state index contributed by atoms with van der Waals surface area (Å²) in [5.74, 6) is -0.0752. The molecule has 1 fully saturated rings. The molecule has 0 saturated heterocycles. The highest BCUT2D eigenvalue weighted by Gasteiger charge is 2.23. The third-order valence-corrected chi connectivity index (χ3v) is 6.06. The average Bonchev–Trinajstić information content (AvgIpc) is 2.60.